The average molecular weight is 401 g/mol. The number of nitrogens with zero attached hydrogens (tertiary/aromatic N) is 1. The number of pyridine rings is 1. The summed E-state index contributed by atoms with van der Waals surface area (Å²) in [5.74, 6) is 2.49. The number of ketones is 1. The lowest BCUT2D eigenvalue weighted by Gasteiger charge is -2.15. The SMILES string of the molecule is COc1cccc(-c2cnc(CC(=O)C3(c4ccc5c(c4)OCO5)CC3)cc2C)c1. The highest BCUT2D eigenvalue weighted by Gasteiger charge is 2.50. The predicted octanol–water partition coefficient (Wildman–Crippen LogP) is 4.64. The molecule has 2 aliphatic rings. The maximum atomic E-state index is 13.2. The molecule has 0 amide bonds. The molecule has 3 aromatic rings. The van der Waals surface area contributed by atoms with E-state index >= 15 is 0 Å². The van der Waals surface area contributed by atoms with Gasteiger partial charge >= 0.3 is 0 Å². The number of ether oxygens (including phenoxy) is 3. The Kier molecular flexibility index (Phi) is 4.46. The topological polar surface area (TPSA) is 57.7 Å². The molecule has 0 radical (unpaired) electrons. The van der Waals surface area contributed by atoms with Crippen LogP contribution in [-0.4, -0.2) is 24.7 Å². The summed E-state index contributed by atoms with van der Waals surface area (Å²) in [6.07, 6.45) is 3.92. The Morgan fingerprint density at radius 3 is 2.70 bits per heavy atom. The minimum Gasteiger partial charge on any atom is -0.497 e. The van der Waals surface area contributed by atoms with E-state index < -0.39 is 5.41 Å². The van der Waals surface area contributed by atoms with Crippen molar-refractivity contribution in [1.82, 2.24) is 4.98 Å². The summed E-state index contributed by atoms with van der Waals surface area (Å²) in [6.45, 7) is 2.29. The number of rotatable bonds is 6. The molecule has 5 nitrogen and oxygen atoms in total. The summed E-state index contributed by atoms with van der Waals surface area (Å²) in [5.41, 5.74) is 4.59. The van der Waals surface area contributed by atoms with Crippen LogP contribution >= 0.6 is 0 Å². The van der Waals surface area contributed by atoms with E-state index in [-0.39, 0.29) is 12.6 Å². The molecule has 0 atom stereocenters. The summed E-state index contributed by atoms with van der Waals surface area (Å²) in [5, 5.41) is 0. The fraction of sp³-hybridized carbons (Fsp3) is 0.280. The molecule has 1 aliphatic carbocycles. The quantitative estimate of drug-likeness (QED) is 0.602. The van der Waals surface area contributed by atoms with Crippen LogP contribution in [0.4, 0.5) is 0 Å². The molecule has 0 unspecified atom stereocenters. The Morgan fingerprint density at radius 2 is 1.93 bits per heavy atom. The van der Waals surface area contributed by atoms with E-state index in [0.29, 0.717) is 6.42 Å². The van der Waals surface area contributed by atoms with Crippen LogP contribution in [0.2, 0.25) is 0 Å². The third-order valence-electron chi connectivity index (χ3n) is 6.10. The lowest BCUT2D eigenvalue weighted by Crippen LogP contribution is -2.23. The number of carbonyl (C=O) groups is 1. The standard InChI is InChI=1S/C25H23NO4/c1-16-10-19(26-14-21(16)17-4-3-5-20(11-17)28-2)13-24(27)25(8-9-25)18-6-7-22-23(12-18)30-15-29-22/h3-7,10-12,14H,8-9,13,15H2,1-2H3. The maximum Gasteiger partial charge on any atom is 0.231 e. The van der Waals surface area contributed by atoms with Crippen molar-refractivity contribution >= 4 is 5.78 Å². The normalized spacial score (nSPS) is 15.7. The van der Waals surface area contributed by atoms with Gasteiger partial charge in [-0.25, -0.2) is 0 Å². The number of hydrogen-bond donors (Lipinski definition) is 0. The molecule has 1 fully saturated rings. The molecular weight excluding hydrogens is 378 g/mol. The molecule has 1 aliphatic heterocycles. The summed E-state index contributed by atoms with van der Waals surface area (Å²) < 4.78 is 16.2. The molecule has 152 valence electrons. The van der Waals surface area contributed by atoms with Crippen LogP contribution in [-0.2, 0) is 16.6 Å². The lowest BCUT2D eigenvalue weighted by molar-refractivity contribution is -0.120. The van der Waals surface area contributed by atoms with E-state index in [1.165, 1.54) is 0 Å². The second kappa shape index (κ2) is 7.17. The molecule has 5 rings (SSSR count). The summed E-state index contributed by atoms with van der Waals surface area (Å²) in [7, 11) is 1.66. The van der Waals surface area contributed by atoms with Crippen LogP contribution < -0.4 is 14.2 Å². The van der Waals surface area contributed by atoms with Crippen molar-refractivity contribution in [2.75, 3.05) is 13.9 Å². The van der Waals surface area contributed by atoms with Crippen LogP contribution in [0.1, 0.15) is 29.7 Å². The lowest BCUT2D eigenvalue weighted by atomic mass is 9.88. The number of aryl methyl sites for hydroxylation is 1. The zero-order chi connectivity index (χ0) is 20.7. The van der Waals surface area contributed by atoms with Gasteiger partial charge < -0.3 is 14.2 Å². The second-order valence-corrected chi connectivity index (χ2v) is 7.97. The number of carbonyl (C=O) groups excluding carboxylic acids is 1. The molecule has 2 heterocycles. The van der Waals surface area contributed by atoms with Crippen molar-refractivity contribution < 1.29 is 19.0 Å². The third-order valence-corrected chi connectivity index (χ3v) is 6.10. The van der Waals surface area contributed by atoms with Crippen LogP contribution in [0.25, 0.3) is 11.1 Å². The molecule has 0 bridgehead atoms. The first kappa shape index (κ1) is 18.7. The molecule has 0 spiro atoms. The van der Waals surface area contributed by atoms with Gasteiger partial charge in [-0.05, 0) is 66.8 Å². The van der Waals surface area contributed by atoms with Gasteiger partial charge in [0.15, 0.2) is 11.5 Å². The molecule has 5 heteroatoms. The zero-order valence-electron chi connectivity index (χ0n) is 17.1. The minimum atomic E-state index is -0.415. The van der Waals surface area contributed by atoms with Crippen molar-refractivity contribution in [2.24, 2.45) is 0 Å². The maximum absolute atomic E-state index is 13.2. The summed E-state index contributed by atoms with van der Waals surface area (Å²) >= 11 is 0. The number of fused-ring (bicyclic) bond motifs is 1. The van der Waals surface area contributed by atoms with Gasteiger partial charge in [-0.1, -0.05) is 18.2 Å². The highest BCUT2D eigenvalue weighted by molar-refractivity contribution is 5.94. The van der Waals surface area contributed by atoms with Crippen molar-refractivity contribution in [3.05, 3.63) is 71.5 Å². The van der Waals surface area contributed by atoms with Crippen LogP contribution in [0.15, 0.2) is 54.7 Å². The van der Waals surface area contributed by atoms with E-state index in [2.05, 4.69) is 11.9 Å². The van der Waals surface area contributed by atoms with Gasteiger partial charge in [-0.2, -0.15) is 0 Å². The fourth-order valence-electron chi connectivity index (χ4n) is 4.19. The largest absolute Gasteiger partial charge is 0.497 e. The third kappa shape index (κ3) is 3.20. The first-order chi connectivity index (χ1) is 14.6. The van der Waals surface area contributed by atoms with E-state index in [0.717, 1.165) is 58.0 Å². The summed E-state index contributed by atoms with van der Waals surface area (Å²) in [4.78, 5) is 17.8. The first-order valence-corrected chi connectivity index (χ1v) is 10.1. The van der Waals surface area contributed by atoms with Gasteiger partial charge in [0, 0.05) is 23.9 Å². The molecule has 1 saturated carbocycles. The number of hydrogen-bond acceptors (Lipinski definition) is 5. The van der Waals surface area contributed by atoms with Gasteiger partial charge in [-0.3, -0.25) is 9.78 Å². The fourth-order valence-corrected chi connectivity index (χ4v) is 4.19. The van der Waals surface area contributed by atoms with Gasteiger partial charge in [0.1, 0.15) is 11.5 Å². The van der Waals surface area contributed by atoms with E-state index in [4.69, 9.17) is 14.2 Å². The Balaban J connectivity index is 1.37. The Bertz CT molecular complexity index is 1130. The molecule has 30 heavy (non-hydrogen) atoms. The van der Waals surface area contributed by atoms with Crippen LogP contribution in [0.5, 0.6) is 17.2 Å². The Morgan fingerprint density at radius 1 is 1.10 bits per heavy atom. The number of methoxy groups -OCH3 is 1. The van der Waals surface area contributed by atoms with Crippen molar-refractivity contribution in [3.63, 3.8) is 0 Å². The monoisotopic (exact) mass is 401 g/mol. The van der Waals surface area contributed by atoms with Gasteiger partial charge in [0.05, 0.1) is 12.5 Å². The molecular formula is C25H23NO4. The van der Waals surface area contributed by atoms with Gasteiger partial charge in [0.25, 0.3) is 0 Å². The van der Waals surface area contributed by atoms with E-state index in [9.17, 15) is 4.79 Å². The van der Waals surface area contributed by atoms with E-state index in [1.807, 2.05) is 54.7 Å². The molecule has 1 aromatic heterocycles. The first-order valence-electron chi connectivity index (χ1n) is 10.1. The highest BCUT2D eigenvalue weighted by atomic mass is 16.7. The second-order valence-electron chi connectivity index (χ2n) is 7.97. The van der Waals surface area contributed by atoms with E-state index in [1.54, 1.807) is 7.11 Å². The smallest absolute Gasteiger partial charge is 0.231 e. The highest BCUT2D eigenvalue weighted by Crippen LogP contribution is 2.51. The molecule has 0 N–H and O–H groups in total. The summed E-state index contributed by atoms with van der Waals surface area (Å²) in [6, 6.07) is 15.8. The Labute approximate surface area is 175 Å². The Hall–Kier alpha value is -3.34. The number of aromatic nitrogens is 1. The van der Waals surface area contributed by atoms with Crippen molar-refractivity contribution in [1.29, 1.82) is 0 Å². The zero-order valence-corrected chi connectivity index (χ0v) is 17.1. The predicted molar refractivity (Wildman–Crippen MR) is 113 cm³/mol. The van der Waals surface area contributed by atoms with Crippen molar-refractivity contribution in [2.45, 2.75) is 31.6 Å². The molecule has 2 aromatic carbocycles. The number of Topliss-reactive ketones (excluding diaryl/α,β-unsaturated/α-hetero) is 1. The average Bonchev–Trinajstić information content (AvgIpc) is 3.45. The van der Waals surface area contributed by atoms with Crippen LogP contribution in [0.3, 0.4) is 0 Å². The van der Waals surface area contributed by atoms with Gasteiger partial charge in [-0.15, -0.1) is 0 Å². The van der Waals surface area contributed by atoms with Gasteiger partial charge in [0.2, 0.25) is 6.79 Å². The molecule has 0 saturated heterocycles. The minimum absolute atomic E-state index is 0.211. The van der Waals surface area contributed by atoms with Crippen molar-refractivity contribution in [3.8, 4) is 28.4 Å². The van der Waals surface area contributed by atoms with Crippen LogP contribution in [0, 0.1) is 6.92 Å². The number of benzene rings is 2.